The van der Waals surface area contributed by atoms with Crippen LogP contribution >= 0.6 is 0 Å². The summed E-state index contributed by atoms with van der Waals surface area (Å²) < 4.78 is 16.4. The van der Waals surface area contributed by atoms with Crippen LogP contribution in [0, 0.1) is 5.41 Å². The Bertz CT molecular complexity index is 597. The highest BCUT2D eigenvalue weighted by atomic mass is 16.5. The van der Waals surface area contributed by atoms with Gasteiger partial charge < -0.3 is 19.9 Å². The number of ether oxygens (including phenoxy) is 3. The number of rotatable bonds is 7. The third-order valence-electron chi connectivity index (χ3n) is 2.84. The van der Waals surface area contributed by atoms with Gasteiger partial charge in [-0.05, 0) is 36.4 Å². The SMILES string of the molecule is COc1ccccc1OCCOc1ccc(C(=N)N)cc1. The fourth-order valence-corrected chi connectivity index (χ4v) is 1.78. The zero-order chi connectivity index (χ0) is 15.1. The zero-order valence-electron chi connectivity index (χ0n) is 11.8. The van der Waals surface area contributed by atoms with Crippen LogP contribution in [-0.4, -0.2) is 26.2 Å². The molecular formula is C16H18N2O3. The van der Waals surface area contributed by atoms with Crippen LogP contribution in [-0.2, 0) is 0 Å². The first-order valence-electron chi connectivity index (χ1n) is 6.54. The second-order valence-corrected chi connectivity index (χ2v) is 4.29. The van der Waals surface area contributed by atoms with Crippen molar-refractivity contribution in [1.82, 2.24) is 0 Å². The first-order chi connectivity index (χ1) is 10.2. The predicted molar refractivity (Wildman–Crippen MR) is 81.4 cm³/mol. The van der Waals surface area contributed by atoms with Gasteiger partial charge in [0.15, 0.2) is 11.5 Å². The van der Waals surface area contributed by atoms with Gasteiger partial charge >= 0.3 is 0 Å². The second-order valence-electron chi connectivity index (χ2n) is 4.29. The minimum Gasteiger partial charge on any atom is -0.493 e. The van der Waals surface area contributed by atoms with Crippen LogP contribution in [0.25, 0.3) is 0 Å². The summed E-state index contributed by atoms with van der Waals surface area (Å²) in [5.41, 5.74) is 6.06. The number of hydrogen-bond acceptors (Lipinski definition) is 4. The van der Waals surface area contributed by atoms with Crippen LogP contribution in [0.2, 0.25) is 0 Å². The van der Waals surface area contributed by atoms with Crippen molar-refractivity contribution in [3.63, 3.8) is 0 Å². The summed E-state index contributed by atoms with van der Waals surface area (Å²) in [4.78, 5) is 0. The average Bonchev–Trinajstić information content (AvgIpc) is 2.52. The molecule has 0 spiro atoms. The summed E-state index contributed by atoms with van der Waals surface area (Å²) >= 11 is 0. The molecule has 0 radical (unpaired) electrons. The molecular weight excluding hydrogens is 268 g/mol. The molecule has 0 aliphatic rings. The number of nitrogens with two attached hydrogens (primary N) is 1. The summed E-state index contributed by atoms with van der Waals surface area (Å²) in [6.07, 6.45) is 0. The number of amidine groups is 1. The fourth-order valence-electron chi connectivity index (χ4n) is 1.78. The van der Waals surface area contributed by atoms with Crippen molar-refractivity contribution in [2.75, 3.05) is 20.3 Å². The number of nitrogens with one attached hydrogen (secondary N) is 1. The molecule has 2 aromatic carbocycles. The Morgan fingerprint density at radius 2 is 1.57 bits per heavy atom. The molecule has 0 heterocycles. The molecule has 0 bridgehead atoms. The molecule has 110 valence electrons. The topological polar surface area (TPSA) is 77.6 Å². The smallest absolute Gasteiger partial charge is 0.161 e. The third-order valence-corrected chi connectivity index (χ3v) is 2.84. The van der Waals surface area contributed by atoms with E-state index in [9.17, 15) is 0 Å². The van der Waals surface area contributed by atoms with Crippen molar-refractivity contribution < 1.29 is 14.2 Å². The lowest BCUT2D eigenvalue weighted by Crippen LogP contribution is -2.11. The number of nitrogen functional groups attached to an aromatic ring is 1. The normalized spacial score (nSPS) is 9.95. The van der Waals surface area contributed by atoms with Gasteiger partial charge in [-0.1, -0.05) is 12.1 Å². The molecule has 0 amide bonds. The van der Waals surface area contributed by atoms with Gasteiger partial charge in [-0.2, -0.15) is 0 Å². The number of hydrogen-bond donors (Lipinski definition) is 2. The maximum atomic E-state index is 7.31. The highest BCUT2D eigenvalue weighted by Crippen LogP contribution is 2.25. The van der Waals surface area contributed by atoms with E-state index in [0.29, 0.717) is 36.0 Å². The minimum absolute atomic E-state index is 0.0426. The molecule has 0 aromatic heterocycles. The van der Waals surface area contributed by atoms with E-state index in [1.807, 2.05) is 24.3 Å². The zero-order valence-corrected chi connectivity index (χ0v) is 11.8. The Morgan fingerprint density at radius 3 is 2.19 bits per heavy atom. The molecule has 0 aliphatic carbocycles. The molecule has 0 saturated carbocycles. The van der Waals surface area contributed by atoms with Crippen molar-refractivity contribution in [2.24, 2.45) is 5.73 Å². The summed E-state index contributed by atoms with van der Waals surface area (Å²) in [5.74, 6) is 2.14. The predicted octanol–water partition coefficient (Wildman–Crippen LogP) is 2.44. The van der Waals surface area contributed by atoms with E-state index in [1.165, 1.54) is 0 Å². The van der Waals surface area contributed by atoms with E-state index in [4.69, 9.17) is 25.4 Å². The van der Waals surface area contributed by atoms with Crippen molar-refractivity contribution in [1.29, 1.82) is 5.41 Å². The van der Waals surface area contributed by atoms with Gasteiger partial charge in [-0.25, -0.2) is 0 Å². The van der Waals surface area contributed by atoms with Gasteiger partial charge in [0.25, 0.3) is 0 Å². The third kappa shape index (κ3) is 4.14. The summed E-state index contributed by atoms with van der Waals surface area (Å²) in [6, 6.07) is 14.5. The van der Waals surface area contributed by atoms with Crippen molar-refractivity contribution in [2.45, 2.75) is 0 Å². The molecule has 21 heavy (non-hydrogen) atoms. The van der Waals surface area contributed by atoms with E-state index in [2.05, 4.69) is 0 Å². The molecule has 0 aliphatic heterocycles. The fraction of sp³-hybridized carbons (Fsp3) is 0.188. The maximum Gasteiger partial charge on any atom is 0.161 e. The highest BCUT2D eigenvalue weighted by molar-refractivity contribution is 5.94. The molecule has 0 fully saturated rings. The molecule has 0 saturated heterocycles. The lowest BCUT2D eigenvalue weighted by molar-refractivity contribution is 0.211. The van der Waals surface area contributed by atoms with Crippen LogP contribution in [0.5, 0.6) is 17.2 Å². The van der Waals surface area contributed by atoms with Gasteiger partial charge in [0, 0.05) is 5.56 Å². The van der Waals surface area contributed by atoms with Gasteiger partial charge in [0.05, 0.1) is 7.11 Å². The van der Waals surface area contributed by atoms with Gasteiger partial charge in [0.2, 0.25) is 0 Å². The highest BCUT2D eigenvalue weighted by Gasteiger charge is 2.02. The molecule has 2 rings (SSSR count). The van der Waals surface area contributed by atoms with Crippen molar-refractivity contribution >= 4 is 5.84 Å². The van der Waals surface area contributed by atoms with Gasteiger partial charge in [-0.3, -0.25) is 5.41 Å². The number of para-hydroxylation sites is 2. The van der Waals surface area contributed by atoms with Crippen molar-refractivity contribution in [3.05, 3.63) is 54.1 Å². The number of methoxy groups -OCH3 is 1. The Balaban J connectivity index is 1.80. The Morgan fingerprint density at radius 1 is 0.952 bits per heavy atom. The summed E-state index contributed by atoms with van der Waals surface area (Å²) in [6.45, 7) is 0.826. The van der Waals surface area contributed by atoms with E-state index < -0.39 is 0 Å². The first kappa shape index (κ1) is 14.7. The molecule has 0 atom stereocenters. The second kappa shape index (κ2) is 7.19. The standard InChI is InChI=1S/C16H18N2O3/c1-19-14-4-2-3-5-15(14)21-11-10-20-13-8-6-12(7-9-13)16(17)18/h2-9H,10-11H2,1H3,(H3,17,18). The Labute approximate surface area is 123 Å². The summed E-state index contributed by atoms with van der Waals surface area (Å²) in [7, 11) is 1.61. The Kier molecular flexibility index (Phi) is 5.04. The van der Waals surface area contributed by atoms with Gasteiger partial charge in [-0.15, -0.1) is 0 Å². The van der Waals surface area contributed by atoms with E-state index >= 15 is 0 Å². The van der Waals surface area contributed by atoms with Crippen LogP contribution in [0.4, 0.5) is 0 Å². The van der Waals surface area contributed by atoms with E-state index in [0.717, 1.165) is 0 Å². The lowest BCUT2D eigenvalue weighted by atomic mass is 10.2. The Hall–Kier alpha value is -2.69. The van der Waals surface area contributed by atoms with Gasteiger partial charge in [0.1, 0.15) is 24.8 Å². The van der Waals surface area contributed by atoms with Crippen LogP contribution in [0.3, 0.4) is 0 Å². The molecule has 5 heteroatoms. The molecule has 5 nitrogen and oxygen atoms in total. The summed E-state index contributed by atoms with van der Waals surface area (Å²) in [5, 5.41) is 7.31. The van der Waals surface area contributed by atoms with E-state index in [1.54, 1.807) is 31.4 Å². The van der Waals surface area contributed by atoms with Crippen LogP contribution in [0.15, 0.2) is 48.5 Å². The minimum atomic E-state index is 0.0426. The quantitative estimate of drug-likeness (QED) is 0.465. The molecule has 3 N–H and O–H groups in total. The van der Waals surface area contributed by atoms with Crippen LogP contribution < -0.4 is 19.9 Å². The first-order valence-corrected chi connectivity index (χ1v) is 6.54. The largest absolute Gasteiger partial charge is 0.493 e. The maximum absolute atomic E-state index is 7.31. The lowest BCUT2D eigenvalue weighted by Gasteiger charge is -2.11. The van der Waals surface area contributed by atoms with E-state index in [-0.39, 0.29) is 5.84 Å². The molecule has 0 unspecified atom stereocenters. The average molecular weight is 286 g/mol. The van der Waals surface area contributed by atoms with Crippen molar-refractivity contribution in [3.8, 4) is 17.2 Å². The monoisotopic (exact) mass is 286 g/mol. The number of benzene rings is 2. The molecule has 2 aromatic rings. The van der Waals surface area contributed by atoms with Crippen LogP contribution in [0.1, 0.15) is 5.56 Å².